The number of benzene rings is 5. The molecule has 6 aliphatic rings. The van der Waals surface area contributed by atoms with Crippen LogP contribution in [0.3, 0.4) is 0 Å². The number of fused-ring (bicyclic) bond motifs is 4. The molecule has 17 heteroatoms. The number of piperidine rings is 1. The molecule has 2 saturated heterocycles. The topological polar surface area (TPSA) is 201 Å². The Bertz CT molecular complexity index is 3030. The average Bonchev–Trinajstić information content (AvgIpc) is 3.98. The first-order valence-corrected chi connectivity index (χ1v) is 23.6. The van der Waals surface area contributed by atoms with Gasteiger partial charge in [-0.05, 0) is 97.6 Å². The van der Waals surface area contributed by atoms with Gasteiger partial charge in [0, 0.05) is 84.0 Å². The molecule has 63 heavy (non-hydrogen) atoms. The summed E-state index contributed by atoms with van der Waals surface area (Å²) in [4.78, 5) is 46.6. The van der Waals surface area contributed by atoms with E-state index in [9.17, 15) is 41.0 Å². The first-order valence-electron chi connectivity index (χ1n) is 20.7. The van der Waals surface area contributed by atoms with Gasteiger partial charge in [0.15, 0.2) is 6.54 Å². The van der Waals surface area contributed by atoms with Crippen molar-refractivity contribution in [2.75, 3.05) is 31.1 Å². The third-order valence-corrected chi connectivity index (χ3v) is 14.3. The lowest BCUT2D eigenvalue weighted by molar-refractivity contribution is -0.201. The molecule has 1 aliphatic carbocycles. The molecule has 0 saturated carbocycles. The number of hydrogen-bond acceptors (Lipinski definition) is 12. The summed E-state index contributed by atoms with van der Waals surface area (Å²) < 4.78 is 72.2. The summed E-state index contributed by atoms with van der Waals surface area (Å²) in [6.45, 7) is 3.01. The van der Waals surface area contributed by atoms with E-state index in [4.69, 9.17) is 9.25 Å². The fraction of sp³-hybridized carbons (Fsp3) is 0.261. The Morgan fingerprint density at radius 3 is 2.27 bits per heavy atom. The maximum atomic E-state index is 13.0. The van der Waals surface area contributed by atoms with Gasteiger partial charge in [-0.15, -0.1) is 5.06 Å². The molecule has 324 valence electrons. The van der Waals surface area contributed by atoms with Crippen molar-refractivity contribution < 1.29 is 50.3 Å². The number of carbonyl (C=O) groups is 3. The zero-order valence-electron chi connectivity index (χ0n) is 33.8. The summed E-state index contributed by atoms with van der Waals surface area (Å²) in [6.07, 6.45) is 2.33. The van der Waals surface area contributed by atoms with E-state index in [-0.39, 0.29) is 22.6 Å². The molecule has 0 spiro atoms. The first kappa shape index (κ1) is 41.1. The Labute approximate surface area is 363 Å². The monoisotopic (exact) mass is 891 g/mol. The van der Waals surface area contributed by atoms with Gasteiger partial charge in [-0.1, -0.05) is 24.3 Å². The van der Waals surface area contributed by atoms with Crippen LogP contribution in [0.15, 0.2) is 111 Å². The third-order valence-electron chi connectivity index (χ3n) is 12.6. The molecule has 5 heterocycles. The summed E-state index contributed by atoms with van der Waals surface area (Å²) in [6, 6.07) is 30.0. The minimum absolute atomic E-state index is 0.0428. The average molecular weight is 892 g/mol. The van der Waals surface area contributed by atoms with Crippen molar-refractivity contribution >= 4 is 66.8 Å². The molecule has 0 unspecified atom stereocenters. The zero-order chi connectivity index (χ0) is 43.8. The Morgan fingerprint density at radius 1 is 0.762 bits per heavy atom. The highest BCUT2D eigenvalue weighted by Gasteiger charge is 2.36. The molecular weight excluding hydrogens is 849 g/mol. The quantitative estimate of drug-likeness (QED) is 0.0518. The summed E-state index contributed by atoms with van der Waals surface area (Å²) in [7, 11) is -8.22. The van der Waals surface area contributed by atoms with Gasteiger partial charge in [-0.3, -0.25) is 19.0 Å². The van der Waals surface area contributed by atoms with Crippen molar-refractivity contribution in [2.24, 2.45) is 5.92 Å². The van der Waals surface area contributed by atoms with Crippen LogP contribution in [0.5, 0.6) is 0 Å². The number of anilines is 2. The summed E-state index contributed by atoms with van der Waals surface area (Å²) in [5, 5.41) is 2.35. The molecule has 10 rings (SSSR count). The Balaban J connectivity index is 1.03. The van der Waals surface area contributed by atoms with Gasteiger partial charge in [-0.2, -0.15) is 13.0 Å². The van der Waals surface area contributed by atoms with Crippen LogP contribution >= 0.6 is 10.9 Å². The molecular formula is C46H43N4O11S2+. The predicted molar refractivity (Wildman–Crippen MR) is 234 cm³/mol. The fourth-order valence-electron chi connectivity index (χ4n) is 9.41. The third kappa shape index (κ3) is 7.69. The van der Waals surface area contributed by atoms with E-state index in [1.54, 1.807) is 18.2 Å². The van der Waals surface area contributed by atoms with Gasteiger partial charge in [-0.25, -0.2) is 4.79 Å². The molecule has 2 fully saturated rings. The fourth-order valence-corrected chi connectivity index (χ4v) is 10.5. The van der Waals surface area contributed by atoms with Crippen molar-refractivity contribution in [2.45, 2.75) is 54.9 Å². The van der Waals surface area contributed by atoms with Gasteiger partial charge in [0.1, 0.15) is 22.2 Å². The second kappa shape index (κ2) is 15.7. The lowest BCUT2D eigenvalue weighted by atomic mass is 9.90. The maximum Gasteiger partial charge on any atom is 0.336 e. The second-order valence-electron chi connectivity index (χ2n) is 16.4. The van der Waals surface area contributed by atoms with Crippen molar-refractivity contribution in [1.29, 1.82) is 0 Å². The van der Waals surface area contributed by atoms with E-state index in [1.165, 1.54) is 18.2 Å². The highest BCUT2D eigenvalue weighted by atomic mass is 32.3. The number of carbonyl (C=O) groups excluding carboxylic acids is 3. The van der Waals surface area contributed by atoms with E-state index in [2.05, 4.69) is 32.6 Å². The smallest absolute Gasteiger partial charge is 0.336 e. The summed E-state index contributed by atoms with van der Waals surface area (Å²) in [5.41, 5.74) is 8.79. The number of hydroxylamine groups is 2. The van der Waals surface area contributed by atoms with Gasteiger partial charge in [0.05, 0.1) is 21.8 Å². The van der Waals surface area contributed by atoms with Crippen molar-refractivity contribution in [1.82, 2.24) is 14.5 Å². The van der Waals surface area contributed by atoms with E-state index in [1.807, 2.05) is 42.5 Å². The maximum absolute atomic E-state index is 13.0. The zero-order valence-corrected chi connectivity index (χ0v) is 35.5. The number of rotatable bonds is 8. The van der Waals surface area contributed by atoms with E-state index >= 15 is 0 Å². The van der Waals surface area contributed by atoms with Crippen LogP contribution in [0.2, 0.25) is 0 Å². The van der Waals surface area contributed by atoms with Gasteiger partial charge < -0.3 is 27.8 Å². The van der Waals surface area contributed by atoms with Crippen LogP contribution in [0.4, 0.5) is 17.1 Å². The van der Waals surface area contributed by atoms with Crippen LogP contribution in [-0.2, 0) is 48.7 Å². The molecule has 0 radical (unpaired) electrons. The second-order valence-corrected chi connectivity index (χ2v) is 19.3. The summed E-state index contributed by atoms with van der Waals surface area (Å²) in [5.74, 6) is -1.36. The minimum Gasteiger partial charge on any atom is -0.456 e. The number of imide groups is 1. The molecule has 0 aromatic heterocycles. The highest BCUT2D eigenvalue weighted by molar-refractivity contribution is 8.19. The van der Waals surface area contributed by atoms with Crippen LogP contribution in [0, 0.1) is 5.92 Å². The van der Waals surface area contributed by atoms with Gasteiger partial charge in [0.2, 0.25) is 11.0 Å². The molecule has 2 amide bonds. The Hall–Kier alpha value is -5.92. The van der Waals surface area contributed by atoms with Crippen molar-refractivity contribution in [3.63, 3.8) is 0 Å². The first-order chi connectivity index (χ1) is 30.2. The number of hydrogen-bond donors (Lipinski definition) is 4. The van der Waals surface area contributed by atoms with Crippen LogP contribution in [0.1, 0.15) is 42.4 Å². The number of nitrogens with zero attached hydrogens (tertiary/aromatic N) is 4. The Morgan fingerprint density at radius 2 is 1.51 bits per heavy atom. The van der Waals surface area contributed by atoms with Gasteiger partial charge >= 0.3 is 5.97 Å². The Kier molecular flexibility index (Phi) is 10.2. The van der Waals surface area contributed by atoms with Gasteiger partial charge in [0.25, 0.3) is 21.9 Å². The SMILES string of the molecule is O=C(ON1C(=O)CCC1=O)C1CCN(Cc2ccccc2-c2c3ccc(=[N+]4CCc5cc(S(O)(O)O)ccc54)cc-3oc3cc(N4CCc5cc(S(=O)(=O)O)ccc54)ccc23)CC1. The van der Waals surface area contributed by atoms with Crippen molar-refractivity contribution in [3.8, 4) is 22.5 Å². The van der Waals surface area contributed by atoms with Crippen LogP contribution < -0.4 is 14.8 Å². The highest BCUT2D eigenvalue weighted by Crippen LogP contribution is 2.46. The molecule has 15 nitrogen and oxygen atoms in total. The predicted octanol–water partition coefficient (Wildman–Crippen LogP) is 7.21. The van der Waals surface area contributed by atoms with E-state index in [0.29, 0.717) is 74.8 Å². The molecule has 0 atom stereocenters. The van der Waals surface area contributed by atoms with Crippen LogP contribution in [0.25, 0.3) is 33.4 Å². The molecule has 4 aromatic rings. The molecule has 4 aromatic carbocycles. The van der Waals surface area contributed by atoms with Crippen molar-refractivity contribution in [3.05, 3.63) is 119 Å². The normalized spacial score (nSPS) is 18.4. The van der Waals surface area contributed by atoms with E-state index in [0.717, 1.165) is 61.2 Å². The molecule has 0 bridgehead atoms. The van der Waals surface area contributed by atoms with Crippen LogP contribution in [-0.4, -0.2) is 80.6 Å². The van der Waals surface area contributed by atoms with E-state index < -0.39 is 44.7 Å². The number of amides is 2. The molecule has 4 N–H and O–H groups in total. The standard InChI is InChI=1S/C46H42N4O11S2/c51-43-13-14-44(52)50(43)61-46(53)28-15-19-47(20-16-28)27-31-3-1-2-4-36(31)45-37-9-5-32(48-21-17-29-23-34(62(54,55)56)7-11-39(29)48)25-41(37)60-42-26-33(6-10-38(42)45)49-22-18-30-24-35(63(57,58)59)8-12-40(30)49/h1-12,23-26,28H,13-22,27H2,(H3-,54,55,56,57,58,59)/p+1. The summed E-state index contributed by atoms with van der Waals surface area (Å²) >= 11 is 0. The lowest BCUT2D eigenvalue weighted by Crippen LogP contribution is -2.40. The minimum atomic E-state index is -4.36. The largest absolute Gasteiger partial charge is 0.456 e. The number of likely N-dealkylation sites (tertiary alicyclic amines) is 1. The molecule has 5 aliphatic heterocycles. The lowest BCUT2D eigenvalue weighted by Gasteiger charge is -2.31.